The van der Waals surface area contributed by atoms with Crippen molar-refractivity contribution in [1.29, 1.82) is 0 Å². The molecule has 1 atom stereocenters. The molecule has 2 aromatic carbocycles. The van der Waals surface area contributed by atoms with Gasteiger partial charge in [-0.05, 0) is 31.0 Å². The summed E-state index contributed by atoms with van der Waals surface area (Å²) in [5.41, 5.74) is 0.924. The molecule has 1 aliphatic heterocycles. The van der Waals surface area contributed by atoms with Crippen molar-refractivity contribution in [2.24, 2.45) is 0 Å². The number of anilines is 1. The first-order valence-electron chi connectivity index (χ1n) is 10.0. The molecule has 7 nitrogen and oxygen atoms in total. The lowest BCUT2D eigenvalue weighted by Crippen LogP contribution is -2.19. The summed E-state index contributed by atoms with van der Waals surface area (Å²) in [5.74, 6) is 1.40. The molecule has 0 amide bonds. The summed E-state index contributed by atoms with van der Waals surface area (Å²) in [6, 6.07) is 9.01. The molecule has 1 aromatic heterocycles. The van der Waals surface area contributed by atoms with Crippen molar-refractivity contribution in [3.63, 3.8) is 0 Å². The molecule has 4 rings (SSSR count). The molecule has 0 aliphatic carbocycles. The van der Waals surface area contributed by atoms with Gasteiger partial charge in [-0.15, -0.1) is 13.2 Å². The normalized spacial score (nSPS) is 16.2. The average Bonchev–Trinajstić information content (AvgIpc) is 3.29. The van der Waals surface area contributed by atoms with E-state index in [0.29, 0.717) is 40.3 Å². The first kappa shape index (κ1) is 21.9. The van der Waals surface area contributed by atoms with Crippen LogP contribution in [0.15, 0.2) is 36.4 Å². The Balaban J connectivity index is 1.77. The van der Waals surface area contributed by atoms with E-state index in [1.165, 1.54) is 32.4 Å². The number of methoxy groups -OCH3 is 2. The molecule has 1 fully saturated rings. The van der Waals surface area contributed by atoms with Gasteiger partial charge >= 0.3 is 6.36 Å². The number of alkyl halides is 3. The van der Waals surface area contributed by atoms with Crippen molar-refractivity contribution in [1.82, 2.24) is 9.97 Å². The second-order valence-corrected chi connectivity index (χ2v) is 7.21. The van der Waals surface area contributed by atoms with E-state index in [0.717, 1.165) is 19.4 Å². The van der Waals surface area contributed by atoms with E-state index in [1.54, 1.807) is 18.2 Å². The highest BCUT2D eigenvalue weighted by Crippen LogP contribution is 2.36. The Morgan fingerprint density at radius 2 is 1.88 bits per heavy atom. The fourth-order valence-electron chi connectivity index (χ4n) is 3.57. The van der Waals surface area contributed by atoms with E-state index < -0.39 is 6.36 Å². The van der Waals surface area contributed by atoms with Crippen molar-refractivity contribution in [2.75, 3.05) is 32.7 Å². The Morgan fingerprint density at radius 3 is 2.56 bits per heavy atom. The van der Waals surface area contributed by atoms with Gasteiger partial charge in [0.2, 0.25) is 0 Å². The molecule has 1 N–H and O–H groups in total. The van der Waals surface area contributed by atoms with Gasteiger partial charge in [0.15, 0.2) is 17.3 Å². The van der Waals surface area contributed by atoms with Gasteiger partial charge in [0.25, 0.3) is 0 Å². The topological polar surface area (TPSA) is 74.7 Å². The van der Waals surface area contributed by atoms with Gasteiger partial charge in [0.1, 0.15) is 11.6 Å². The van der Waals surface area contributed by atoms with Gasteiger partial charge in [0.05, 0.1) is 25.8 Å². The Labute approximate surface area is 182 Å². The van der Waals surface area contributed by atoms with Crippen LogP contribution >= 0.6 is 0 Å². The van der Waals surface area contributed by atoms with E-state index >= 15 is 0 Å². The minimum Gasteiger partial charge on any atom is -0.493 e. The predicted octanol–water partition coefficient (Wildman–Crippen LogP) is 4.80. The third kappa shape index (κ3) is 4.96. The quantitative estimate of drug-likeness (QED) is 0.555. The molecule has 2 heterocycles. The molecule has 1 aliphatic rings. The van der Waals surface area contributed by atoms with Crippen molar-refractivity contribution < 1.29 is 32.1 Å². The number of rotatable bonds is 7. The zero-order chi connectivity index (χ0) is 22.7. The summed E-state index contributed by atoms with van der Waals surface area (Å²) in [6.45, 7) is 1.26. The van der Waals surface area contributed by atoms with E-state index in [9.17, 15) is 13.2 Å². The molecular weight excluding hydrogens is 427 g/mol. The second kappa shape index (κ2) is 9.07. The van der Waals surface area contributed by atoms with Crippen LogP contribution in [-0.4, -0.2) is 49.8 Å². The highest BCUT2D eigenvalue weighted by Gasteiger charge is 2.31. The third-order valence-electron chi connectivity index (χ3n) is 5.05. The maximum absolute atomic E-state index is 12.6. The second-order valence-electron chi connectivity index (χ2n) is 7.21. The lowest BCUT2D eigenvalue weighted by atomic mass is 10.1. The summed E-state index contributed by atoms with van der Waals surface area (Å²) in [5, 5.41) is 3.98. The maximum Gasteiger partial charge on any atom is 0.573 e. The SMILES string of the molecule is COc1cc2nc(-c3cccc(OC(F)(F)F)c3)nc(NCC3CCCO3)c2cc1OC. The number of halogens is 3. The first-order valence-corrected chi connectivity index (χ1v) is 10.0. The average molecular weight is 449 g/mol. The van der Waals surface area contributed by atoms with E-state index in [1.807, 2.05) is 0 Å². The minimum atomic E-state index is -4.79. The van der Waals surface area contributed by atoms with Crippen molar-refractivity contribution in [3.8, 4) is 28.6 Å². The monoisotopic (exact) mass is 449 g/mol. The van der Waals surface area contributed by atoms with Crippen LogP contribution in [0.5, 0.6) is 17.2 Å². The highest BCUT2D eigenvalue weighted by molar-refractivity contribution is 5.93. The van der Waals surface area contributed by atoms with Gasteiger partial charge < -0.3 is 24.3 Å². The fourth-order valence-corrected chi connectivity index (χ4v) is 3.57. The smallest absolute Gasteiger partial charge is 0.493 e. The van der Waals surface area contributed by atoms with Crippen LogP contribution in [0.4, 0.5) is 19.0 Å². The molecular formula is C22H22F3N3O4. The van der Waals surface area contributed by atoms with Gasteiger partial charge in [-0.3, -0.25) is 0 Å². The molecule has 170 valence electrons. The van der Waals surface area contributed by atoms with Crippen LogP contribution in [0.2, 0.25) is 0 Å². The summed E-state index contributed by atoms with van der Waals surface area (Å²) >= 11 is 0. The summed E-state index contributed by atoms with van der Waals surface area (Å²) in [6.07, 6.45) is -2.79. The number of fused-ring (bicyclic) bond motifs is 1. The minimum absolute atomic E-state index is 0.0622. The molecule has 0 spiro atoms. The number of nitrogens with zero attached hydrogens (tertiary/aromatic N) is 2. The van der Waals surface area contributed by atoms with Gasteiger partial charge in [-0.1, -0.05) is 12.1 Å². The predicted molar refractivity (Wildman–Crippen MR) is 112 cm³/mol. The number of nitrogens with one attached hydrogen (secondary N) is 1. The van der Waals surface area contributed by atoms with Crippen molar-refractivity contribution in [2.45, 2.75) is 25.3 Å². The van der Waals surface area contributed by atoms with Crippen molar-refractivity contribution in [3.05, 3.63) is 36.4 Å². The molecule has 1 unspecified atom stereocenters. The van der Waals surface area contributed by atoms with E-state index in [4.69, 9.17) is 14.2 Å². The Hall–Kier alpha value is -3.27. The number of aromatic nitrogens is 2. The van der Waals surface area contributed by atoms with Crippen LogP contribution in [0.3, 0.4) is 0 Å². The van der Waals surface area contributed by atoms with Crippen LogP contribution in [0.1, 0.15) is 12.8 Å². The van der Waals surface area contributed by atoms with Gasteiger partial charge in [0, 0.05) is 30.2 Å². The lowest BCUT2D eigenvalue weighted by Gasteiger charge is -2.16. The number of ether oxygens (including phenoxy) is 4. The van der Waals surface area contributed by atoms with Crippen LogP contribution in [0.25, 0.3) is 22.3 Å². The highest BCUT2D eigenvalue weighted by atomic mass is 19.4. The largest absolute Gasteiger partial charge is 0.573 e. The molecule has 32 heavy (non-hydrogen) atoms. The maximum atomic E-state index is 12.6. The fraction of sp³-hybridized carbons (Fsp3) is 0.364. The number of hydrogen-bond donors (Lipinski definition) is 1. The Kier molecular flexibility index (Phi) is 6.22. The van der Waals surface area contributed by atoms with Crippen molar-refractivity contribution >= 4 is 16.7 Å². The van der Waals surface area contributed by atoms with Gasteiger partial charge in [-0.2, -0.15) is 0 Å². The molecule has 1 saturated heterocycles. The molecule has 10 heteroatoms. The van der Waals surface area contributed by atoms with Crippen LogP contribution in [0, 0.1) is 0 Å². The zero-order valence-electron chi connectivity index (χ0n) is 17.5. The Morgan fingerprint density at radius 1 is 1.09 bits per heavy atom. The summed E-state index contributed by atoms with van der Waals surface area (Å²) < 4.78 is 58.4. The molecule has 3 aromatic rings. The van der Waals surface area contributed by atoms with E-state index in [-0.39, 0.29) is 17.7 Å². The number of benzene rings is 2. The molecule has 0 saturated carbocycles. The summed E-state index contributed by atoms with van der Waals surface area (Å²) in [7, 11) is 3.05. The standard InChI is InChI=1S/C22H22F3N3O4/c1-29-18-10-16-17(11-19(18)30-2)27-20(28-21(16)26-12-15-7-4-8-31-15)13-5-3-6-14(9-13)32-22(23,24)25/h3,5-6,9-11,15H,4,7-8,12H2,1-2H3,(H,26,27,28). The van der Waals surface area contributed by atoms with Gasteiger partial charge in [-0.25, -0.2) is 9.97 Å². The summed E-state index contributed by atoms with van der Waals surface area (Å²) in [4.78, 5) is 9.14. The zero-order valence-corrected chi connectivity index (χ0v) is 17.5. The van der Waals surface area contributed by atoms with E-state index in [2.05, 4.69) is 20.0 Å². The third-order valence-corrected chi connectivity index (χ3v) is 5.05. The molecule has 0 bridgehead atoms. The van der Waals surface area contributed by atoms with Crippen LogP contribution in [-0.2, 0) is 4.74 Å². The number of hydrogen-bond acceptors (Lipinski definition) is 7. The Bertz CT molecular complexity index is 1100. The van der Waals surface area contributed by atoms with Crippen LogP contribution < -0.4 is 19.5 Å². The lowest BCUT2D eigenvalue weighted by molar-refractivity contribution is -0.274. The first-order chi connectivity index (χ1) is 15.4. The molecule has 0 radical (unpaired) electrons.